The Morgan fingerprint density at radius 2 is 0.860 bits per heavy atom. The van der Waals surface area contributed by atoms with Crippen LogP contribution in [-0.2, 0) is 0 Å². The third kappa shape index (κ3) is 4.77. The molecule has 7 aromatic carbocycles. The number of furan rings is 2. The summed E-state index contributed by atoms with van der Waals surface area (Å²) in [5, 5.41) is 4.50. The molecule has 3 aromatic heterocycles. The van der Waals surface area contributed by atoms with Crippen molar-refractivity contribution in [3.8, 4) is 56.2 Å². The SMILES string of the molecule is c1ccc(-c2nc(-c3ccc(-c4ccc5oc6ccccc6c5c4)cc3)cc(-c3ccc(-c4cccc5c4oc4ccccc45)cc3)n2)cc1. The molecule has 0 aliphatic carbocycles. The van der Waals surface area contributed by atoms with E-state index in [2.05, 4.69) is 127 Å². The molecule has 10 rings (SSSR count). The minimum absolute atomic E-state index is 0.690. The molecular formula is C46H28N2O2. The van der Waals surface area contributed by atoms with E-state index in [1.165, 1.54) is 0 Å². The summed E-state index contributed by atoms with van der Waals surface area (Å²) < 4.78 is 12.4. The lowest BCUT2D eigenvalue weighted by Crippen LogP contribution is -1.96. The summed E-state index contributed by atoms with van der Waals surface area (Å²) in [4.78, 5) is 10.1. The van der Waals surface area contributed by atoms with E-state index in [9.17, 15) is 0 Å². The number of benzene rings is 7. The second kappa shape index (κ2) is 11.4. The summed E-state index contributed by atoms with van der Waals surface area (Å²) in [6.45, 7) is 0. The van der Waals surface area contributed by atoms with Gasteiger partial charge in [0.15, 0.2) is 5.82 Å². The Morgan fingerprint density at radius 1 is 0.320 bits per heavy atom. The average molecular weight is 641 g/mol. The highest BCUT2D eigenvalue weighted by molar-refractivity contribution is 6.09. The number of hydrogen-bond donors (Lipinski definition) is 0. The third-order valence-electron chi connectivity index (χ3n) is 9.54. The van der Waals surface area contributed by atoms with Crippen molar-refractivity contribution in [1.82, 2.24) is 9.97 Å². The Hall–Kier alpha value is -6.78. The second-order valence-corrected chi connectivity index (χ2v) is 12.6. The lowest BCUT2D eigenvalue weighted by Gasteiger charge is -2.11. The van der Waals surface area contributed by atoms with Crippen LogP contribution >= 0.6 is 0 Å². The average Bonchev–Trinajstić information content (AvgIpc) is 3.76. The van der Waals surface area contributed by atoms with Gasteiger partial charge >= 0.3 is 0 Å². The van der Waals surface area contributed by atoms with Crippen LogP contribution in [0.5, 0.6) is 0 Å². The van der Waals surface area contributed by atoms with Crippen molar-refractivity contribution in [3.63, 3.8) is 0 Å². The lowest BCUT2D eigenvalue weighted by atomic mass is 9.99. The molecule has 50 heavy (non-hydrogen) atoms. The molecule has 0 aliphatic rings. The fourth-order valence-corrected chi connectivity index (χ4v) is 6.99. The largest absolute Gasteiger partial charge is 0.456 e. The van der Waals surface area contributed by atoms with Gasteiger partial charge in [0.05, 0.1) is 11.4 Å². The molecule has 0 fully saturated rings. The lowest BCUT2D eigenvalue weighted by molar-refractivity contribution is 0.669. The normalized spacial score (nSPS) is 11.6. The van der Waals surface area contributed by atoms with Crippen LogP contribution in [0.25, 0.3) is 100 Å². The van der Waals surface area contributed by atoms with Gasteiger partial charge in [-0.3, -0.25) is 0 Å². The molecule has 3 heterocycles. The molecule has 4 heteroatoms. The molecular weight excluding hydrogens is 613 g/mol. The highest BCUT2D eigenvalue weighted by Crippen LogP contribution is 2.37. The van der Waals surface area contributed by atoms with Crippen molar-refractivity contribution in [2.45, 2.75) is 0 Å². The number of nitrogens with zero attached hydrogens (tertiary/aromatic N) is 2. The van der Waals surface area contributed by atoms with E-state index in [-0.39, 0.29) is 0 Å². The van der Waals surface area contributed by atoms with Crippen LogP contribution in [0.15, 0.2) is 179 Å². The van der Waals surface area contributed by atoms with Gasteiger partial charge in [-0.05, 0) is 47.0 Å². The van der Waals surface area contributed by atoms with Crippen LogP contribution in [0.2, 0.25) is 0 Å². The molecule has 0 amide bonds. The quantitative estimate of drug-likeness (QED) is 0.188. The number of rotatable bonds is 5. The molecule has 10 aromatic rings. The van der Waals surface area contributed by atoms with Crippen molar-refractivity contribution in [1.29, 1.82) is 0 Å². The Labute approximate surface area is 287 Å². The molecule has 0 atom stereocenters. The number of hydrogen-bond acceptors (Lipinski definition) is 4. The van der Waals surface area contributed by atoms with E-state index >= 15 is 0 Å². The van der Waals surface area contributed by atoms with Gasteiger partial charge in [-0.1, -0.05) is 140 Å². The van der Waals surface area contributed by atoms with Crippen molar-refractivity contribution >= 4 is 43.9 Å². The minimum atomic E-state index is 0.690. The van der Waals surface area contributed by atoms with Crippen LogP contribution in [0.1, 0.15) is 0 Å². The molecule has 0 saturated heterocycles. The monoisotopic (exact) mass is 640 g/mol. The van der Waals surface area contributed by atoms with Gasteiger partial charge in [-0.15, -0.1) is 0 Å². The maximum absolute atomic E-state index is 6.33. The predicted molar refractivity (Wildman–Crippen MR) is 204 cm³/mol. The van der Waals surface area contributed by atoms with Gasteiger partial charge in [0.2, 0.25) is 0 Å². The van der Waals surface area contributed by atoms with Gasteiger partial charge in [0.25, 0.3) is 0 Å². The van der Waals surface area contributed by atoms with Crippen molar-refractivity contribution in [3.05, 3.63) is 170 Å². The molecule has 0 aliphatic heterocycles. The molecule has 4 nitrogen and oxygen atoms in total. The summed E-state index contributed by atoms with van der Waals surface area (Å²) in [6.07, 6.45) is 0. The van der Waals surface area contributed by atoms with Crippen molar-refractivity contribution in [2.24, 2.45) is 0 Å². The smallest absolute Gasteiger partial charge is 0.160 e. The fraction of sp³-hybridized carbons (Fsp3) is 0. The van der Waals surface area contributed by atoms with E-state index in [4.69, 9.17) is 18.8 Å². The van der Waals surface area contributed by atoms with Gasteiger partial charge in [-0.2, -0.15) is 0 Å². The van der Waals surface area contributed by atoms with Crippen LogP contribution in [0, 0.1) is 0 Å². The van der Waals surface area contributed by atoms with Crippen molar-refractivity contribution < 1.29 is 8.83 Å². The van der Waals surface area contributed by atoms with E-state index in [1.807, 2.05) is 42.5 Å². The molecule has 0 N–H and O–H groups in total. The number of para-hydroxylation sites is 3. The molecule has 0 saturated carbocycles. The van der Waals surface area contributed by atoms with Crippen LogP contribution in [0.4, 0.5) is 0 Å². The summed E-state index contributed by atoms with van der Waals surface area (Å²) in [7, 11) is 0. The topological polar surface area (TPSA) is 52.1 Å². The van der Waals surface area contributed by atoms with E-state index in [1.54, 1.807) is 0 Å². The molecule has 0 bridgehead atoms. The summed E-state index contributed by atoms with van der Waals surface area (Å²) >= 11 is 0. The van der Waals surface area contributed by atoms with E-state index in [0.717, 1.165) is 94.2 Å². The maximum Gasteiger partial charge on any atom is 0.160 e. The zero-order chi connectivity index (χ0) is 33.0. The first-order valence-electron chi connectivity index (χ1n) is 16.7. The maximum atomic E-state index is 6.33. The third-order valence-corrected chi connectivity index (χ3v) is 9.54. The fourth-order valence-electron chi connectivity index (χ4n) is 6.99. The zero-order valence-electron chi connectivity index (χ0n) is 26.9. The van der Waals surface area contributed by atoms with Crippen molar-refractivity contribution in [2.75, 3.05) is 0 Å². The molecule has 0 radical (unpaired) electrons. The highest BCUT2D eigenvalue weighted by atomic mass is 16.3. The van der Waals surface area contributed by atoms with Gasteiger partial charge in [-0.25, -0.2) is 9.97 Å². The standard InChI is InChI=1S/C46H28N2O2/c1-2-9-33(10-3-1)46-47-40(31-21-17-29(18-22-31)34-25-26-44-39(27-34)37-12-5-6-15-42(37)49-44)28-41(48-46)32-23-19-30(20-24-32)35-13-8-14-38-36-11-4-7-16-43(36)50-45(35)38/h1-28H. The van der Waals surface area contributed by atoms with E-state index in [0.29, 0.717) is 5.82 Å². The van der Waals surface area contributed by atoms with Gasteiger partial charge in [0.1, 0.15) is 22.3 Å². The van der Waals surface area contributed by atoms with Crippen LogP contribution < -0.4 is 0 Å². The Kier molecular flexibility index (Phi) is 6.46. The molecule has 0 spiro atoms. The predicted octanol–water partition coefficient (Wildman–Crippen LogP) is 12.6. The van der Waals surface area contributed by atoms with Crippen LogP contribution in [-0.4, -0.2) is 9.97 Å². The van der Waals surface area contributed by atoms with E-state index < -0.39 is 0 Å². The van der Waals surface area contributed by atoms with Gasteiger partial charge < -0.3 is 8.83 Å². The molecule has 0 unspecified atom stereocenters. The molecule has 234 valence electrons. The van der Waals surface area contributed by atoms with Crippen LogP contribution in [0.3, 0.4) is 0 Å². The summed E-state index contributed by atoms with van der Waals surface area (Å²) in [5.41, 5.74) is 12.8. The first kappa shape index (κ1) is 28.3. The number of aromatic nitrogens is 2. The summed E-state index contributed by atoms with van der Waals surface area (Å²) in [5.74, 6) is 0.690. The summed E-state index contributed by atoms with van der Waals surface area (Å²) in [6, 6.07) is 58.5. The Balaban J connectivity index is 1.03. The zero-order valence-corrected chi connectivity index (χ0v) is 26.9. The minimum Gasteiger partial charge on any atom is -0.456 e. The first-order chi connectivity index (χ1) is 24.7. The highest BCUT2D eigenvalue weighted by Gasteiger charge is 2.15. The number of fused-ring (bicyclic) bond motifs is 6. The Morgan fingerprint density at radius 3 is 1.58 bits per heavy atom. The Bertz CT molecular complexity index is 2850. The van der Waals surface area contributed by atoms with Gasteiger partial charge in [0, 0.05) is 43.8 Å². The first-order valence-corrected chi connectivity index (χ1v) is 16.7. The second-order valence-electron chi connectivity index (χ2n) is 12.6.